The second kappa shape index (κ2) is 7.09. The molecule has 0 atom stereocenters. The molecule has 0 fully saturated rings. The van der Waals surface area contributed by atoms with Crippen molar-refractivity contribution in [3.8, 4) is 17.2 Å². The van der Waals surface area contributed by atoms with Crippen LogP contribution in [0, 0.1) is 12.7 Å². The summed E-state index contributed by atoms with van der Waals surface area (Å²) in [4.78, 5) is 11.5. The second-order valence-corrected chi connectivity index (χ2v) is 5.49. The summed E-state index contributed by atoms with van der Waals surface area (Å²) in [6.07, 6.45) is 0. The minimum atomic E-state index is -0.498. The SMILES string of the molecule is Cc1cc(COc2ccc(Oc3ccc(F)cc3)cc2)n(O)c(=O)c1. The van der Waals surface area contributed by atoms with Crippen LogP contribution in [0.15, 0.2) is 65.5 Å². The van der Waals surface area contributed by atoms with Crippen molar-refractivity contribution in [2.45, 2.75) is 13.5 Å². The molecule has 1 heterocycles. The highest BCUT2D eigenvalue weighted by molar-refractivity contribution is 5.35. The summed E-state index contributed by atoms with van der Waals surface area (Å²) in [5.41, 5.74) is 0.607. The Morgan fingerprint density at radius 2 is 1.52 bits per heavy atom. The number of hydrogen-bond acceptors (Lipinski definition) is 4. The number of halogens is 1. The first-order valence-corrected chi connectivity index (χ1v) is 7.59. The van der Waals surface area contributed by atoms with Crippen molar-refractivity contribution in [2.75, 3.05) is 0 Å². The zero-order valence-corrected chi connectivity index (χ0v) is 13.5. The van der Waals surface area contributed by atoms with Gasteiger partial charge in [0.1, 0.15) is 29.7 Å². The Bertz CT molecular complexity index is 918. The van der Waals surface area contributed by atoms with E-state index in [2.05, 4.69) is 0 Å². The number of pyridine rings is 1. The standard InChI is InChI=1S/C19H16FNO4/c1-13-10-15(21(23)19(22)11-13)12-24-16-6-8-18(9-7-16)25-17-4-2-14(20)3-5-17/h2-11,23H,12H2,1H3. The summed E-state index contributed by atoms with van der Waals surface area (Å²) in [7, 11) is 0. The zero-order chi connectivity index (χ0) is 17.8. The molecule has 0 aliphatic heterocycles. The Morgan fingerprint density at radius 3 is 2.16 bits per heavy atom. The molecule has 0 bridgehead atoms. The molecule has 0 aliphatic rings. The van der Waals surface area contributed by atoms with Crippen LogP contribution >= 0.6 is 0 Å². The summed E-state index contributed by atoms with van der Waals surface area (Å²) in [6.45, 7) is 1.82. The van der Waals surface area contributed by atoms with Crippen LogP contribution in [0.25, 0.3) is 0 Å². The van der Waals surface area contributed by atoms with Crippen LogP contribution in [-0.4, -0.2) is 9.94 Å². The van der Waals surface area contributed by atoms with Gasteiger partial charge in [-0.25, -0.2) is 4.39 Å². The minimum absolute atomic E-state index is 0.0472. The van der Waals surface area contributed by atoms with Crippen molar-refractivity contribution in [1.29, 1.82) is 0 Å². The number of benzene rings is 2. The molecule has 3 aromatic rings. The molecule has 3 rings (SSSR count). The Balaban J connectivity index is 1.65. The van der Waals surface area contributed by atoms with Crippen molar-refractivity contribution in [3.63, 3.8) is 0 Å². The fourth-order valence-corrected chi connectivity index (χ4v) is 2.27. The smallest absolute Gasteiger partial charge is 0.283 e. The number of hydrogen-bond donors (Lipinski definition) is 1. The maximum Gasteiger partial charge on any atom is 0.283 e. The van der Waals surface area contributed by atoms with Crippen molar-refractivity contribution < 1.29 is 19.1 Å². The highest BCUT2D eigenvalue weighted by Gasteiger charge is 2.05. The highest BCUT2D eigenvalue weighted by atomic mass is 19.1. The van der Waals surface area contributed by atoms with Gasteiger partial charge < -0.3 is 14.7 Å². The average molecular weight is 341 g/mol. The molecule has 25 heavy (non-hydrogen) atoms. The van der Waals surface area contributed by atoms with E-state index in [4.69, 9.17) is 9.47 Å². The third-order valence-electron chi connectivity index (χ3n) is 3.49. The molecule has 0 unspecified atom stereocenters. The number of ether oxygens (including phenoxy) is 2. The van der Waals surface area contributed by atoms with Crippen LogP contribution in [0.3, 0.4) is 0 Å². The van der Waals surface area contributed by atoms with Gasteiger partial charge in [-0.05, 0) is 67.1 Å². The predicted octanol–water partition coefficient (Wildman–Crippen LogP) is 3.90. The quantitative estimate of drug-likeness (QED) is 0.715. The van der Waals surface area contributed by atoms with Gasteiger partial charge in [-0.3, -0.25) is 4.79 Å². The van der Waals surface area contributed by atoms with E-state index in [1.54, 1.807) is 37.3 Å². The highest BCUT2D eigenvalue weighted by Crippen LogP contribution is 2.24. The third-order valence-corrected chi connectivity index (χ3v) is 3.49. The monoisotopic (exact) mass is 341 g/mol. The van der Waals surface area contributed by atoms with E-state index in [9.17, 15) is 14.4 Å². The topological polar surface area (TPSA) is 60.7 Å². The van der Waals surface area contributed by atoms with Crippen molar-refractivity contribution in [2.24, 2.45) is 0 Å². The molecule has 1 N–H and O–H groups in total. The van der Waals surface area contributed by atoms with E-state index < -0.39 is 5.56 Å². The first-order chi connectivity index (χ1) is 12.0. The molecule has 0 saturated carbocycles. The maximum absolute atomic E-state index is 12.9. The van der Waals surface area contributed by atoms with Crippen LogP contribution < -0.4 is 15.0 Å². The van der Waals surface area contributed by atoms with E-state index in [0.29, 0.717) is 27.7 Å². The molecule has 1 aromatic heterocycles. The molecular formula is C19H16FNO4. The van der Waals surface area contributed by atoms with E-state index in [0.717, 1.165) is 5.56 Å². The molecular weight excluding hydrogens is 325 g/mol. The lowest BCUT2D eigenvalue weighted by Gasteiger charge is -2.10. The van der Waals surface area contributed by atoms with E-state index in [1.165, 1.54) is 30.3 Å². The van der Waals surface area contributed by atoms with Gasteiger partial charge in [-0.15, -0.1) is 4.73 Å². The summed E-state index contributed by atoms with van der Waals surface area (Å²) in [5, 5.41) is 9.71. The van der Waals surface area contributed by atoms with Gasteiger partial charge >= 0.3 is 0 Å². The number of aryl methyl sites for hydroxylation is 1. The lowest BCUT2D eigenvalue weighted by atomic mass is 10.2. The van der Waals surface area contributed by atoms with Crippen LogP contribution in [0.2, 0.25) is 0 Å². The van der Waals surface area contributed by atoms with Gasteiger partial charge in [-0.1, -0.05) is 0 Å². The molecule has 0 amide bonds. The second-order valence-electron chi connectivity index (χ2n) is 5.49. The lowest BCUT2D eigenvalue weighted by Crippen LogP contribution is -2.21. The van der Waals surface area contributed by atoms with Gasteiger partial charge in [0.2, 0.25) is 0 Å². The normalized spacial score (nSPS) is 10.5. The van der Waals surface area contributed by atoms with Gasteiger partial charge in [0.05, 0.1) is 5.69 Å². The van der Waals surface area contributed by atoms with E-state index >= 15 is 0 Å². The molecule has 0 radical (unpaired) electrons. The van der Waals surface area contributed by atoms with Gasteiger partial charge in [0, 0.05) is 6.07 Å². The van der Waals surface area contributed by atoms with Gasteiger partial charge in [0.15, 0.2) is 0 Å². The zero-order valence-electron chi connectivity index (χ0n) is 13.5. The molecule has 6 heteroatoms. The van der Waals surface area contributed by atoms with Crippen LogP contribution in [0.5, 0.6) is 17.2 Å². The summed E-state index contributed by atoms with van der Waals surface area (Å²) < 4.78 is 24.6. The minimum Gasteiger partial charge on any atom is -0.487 e. The third kappa shape index (κ3) is 4.17. The Labute approximate surface area is 143 Å². The van der Waals surface area contributed by atoms with E-state index in [1.807, 2.05) is 0 Å². The van der Waals surface area contributed by atoms with Crippen LogP contribution in [0.1, 0.15) is 11.3 Å². The molecule has 5 nitrogen and oxygen atoms in total. The van der Waals surface area contributed by atoms with Crippen molar-refractivity contribution >= 4 is 0 Å². The molecule has 128 valence electrons. The number of rotatable bonds is 5. The Morgan fingerprint density at radius 1 is 0.960 bits per heavy atom. The molecule has 2 aromatic carbocycles. The largest absolute Gasteiger partial charge is 0.487 e. The van der Waals surface area contributed by atoms with Crippen LogP contribution in [0.4, 0.5) is 4.39 Å². The predicted molar refractivity (Wildman–Crippen MR) is 89.9 cm³/mol. The number of nitrogens with zero attached hydrogens (tertiary/aromatic N) is 1. The summed E-state index contributed by atoms with van der Waals surface area (Å²) in [5.74, 6) is 1.34. The molecule has 0 saturated heterocycles. The summed E-state index contributed by atoms with van der Waals surface area (Å²) >= 11 is 0. The average Bonchev–Trinajstić information content (AvgIpc) is 2.60. The van der Waals surface area contributed by atoms with Crippen molar-refractivity contribution in [3.05, 3.63) is 88.1 Å². The fraction of sp³-hybridized carbons (Fsp3) is 0.105. The molecule has 0 aliphatic carbocycles. The van der Waals surface area contributed by atoms with E-state index in [-0.39, 0.29) is 12.4 Å². The number of aromatic nitrogens is 1. The van der Waals surface area contributed by atoms with Gasteiger partial charge in [0.25, 0.3) is 5.56 Å². The van der Waals surface area contributed by atoms with Crippen LogP contribution in [-0.2, 0) is 6.61 Å². The van der Waals surface area contributed by atoms with Gasteiger partial charge in [-0.2, -0.15) is 0 Å². The Kier molecular flexibility index (Phi) is 4.70. The first-order valence-electron chi connectivity index (χ1n) is 7.59. The first kappa shape index (κ1) is 16.6. The lowest BCUT2D eigenvalue weighted by molar-refractivity contribution is 0.147. The summed E-state index contributed by atoms with van der Waals surface area (Å²) in [6, 6.07) is 15.6. The Hall–Kier alpha value is -3.28. The van der Waals surface area contributed by atoms with Crippen molar-refractivity contribution in [1.82, 2.24) is 4.73 Å². The molecule has 0 spiro atoms. The maximum atomic E-state index is 12.9. The fourth-order valence-electron chi connectivity index (χ4n) is 2.27.